The molecule has 1 aromatic heterocycles. The Bertz CT molecular complexity index is 690. The third-order valence-electron chi connectivity index (χ3n) is 3.77. The van der Waals surface area contributed by atoms with Crippen LogP contribution in [0.1, 0.15) is 30.2 Å². The highest BCUT2D eigenvalue weighted by Gasteiger charge is 2.29. The average molecular weight is 274 g/mol. The molecule has 6 nitrogen and oxygen atoms in total. The second-order valence-electron chi connectivity index (χ2n) is 5.38. The van der Waals surface area contributed by atoms with E-state index in [2.05, 4.69) is 28.7 Å². The van der Waals surface area contributed by atoms with Gasteiger partial charge in [0.05, 0.1) is 11.6 Å². The molecule has 0 bridgehead atoms. The number of benzene rings is 1. The second-order valence-corrected chi connectivity index (χ2v) is 5.38. The van der Waals surface area contributed by atoms with Crippen LogP contribution in [-0.4, -0.2) is 29.1 Å². The number of ether oxygens (including phenoxy) is 1. The van der Waals surface area contributed by atoms with Gasteiger partial charge in [0.1, 0.15) is 17.9 Å². The monoisotopic (exact) mass is 274 g/mol. The van der Waals surface area contributed by atoms with Crippen LogP contribution < -0.4 is 15.8 Å². The lowest BCUT2D eigenvalue weighted by Gasteiger charge is -2.29. The number of amides is 1. The molecule has 3 N–H and O–H groups in total. The molecule has 1 amide bonds. The van der Waals surface area contributed by atoms with Crippen LogP contribution in [0.4, 0.5) is 5.95 Å². The fourth-order valence-corrected chi connectivity index (χ4v) is 2.69. The zero-order valence-electron chi connectivity index (χ0n) is 11.8. The van der Waals surface area contributed by atoms with Crippen molar-refractivity contribution in [1.82, 2.24) is 9.55 Å². The van der Waals surface area contributed by atoms with E-state index in [1.54, 1.807) is 12.1 Å². The standard InChI is InChI=1S/C14H18N4O2/c1-7(2)10-6-20-11-5-8(13(15)19)4-9-12(11)18(10)14(16-3)17-9/h4-5,7,10H,6H2,1-3H3,(H2,15,19)(H,16,17)/t10-/m1/s1. The Kier molecular flexibility index (Phi) is 2.81. The molecule has 0 saturated carbocycles. The van der Waals surface area contributed by atoms with Crippen LogP contribution in [0.2, 0.25) is 0 Å². The quantitative estimate of drug-likeness (QED) is 0.893. The number of imidazole rings is 1. The number of nitrogens with one attached hydrogen (secondary N) is 1. The van der Waals surface area contributed by atoms with E-state index in [0.29, 0.717) is 23.8 Å². The van der Waals surface area contributed by atoms with Gasteiger partial charge in [-0.3, -0.25) is 4.79 Å². The number of carbonyl (C=O) groups is 1. The Labute approximate surface area is 116 Å². The average Bonchev–Trinajstić information content (AvgIpc) is 2.78. The third kappa shape index (κ3) is 1.71. The van der Waals surface area contributed by atoms with Crippen LogP contribution in [-0.2, 0) is 0 Å². The van der Waals surface area contributed by atoms with Gasteiger partial charge in [-0.15, -0.1) is 0 Å². The molecule has 0 aliphatic carbocycles. The number of carbonyl (C=O) groups excluding carboxylic acids is 1. The fraction of sp³-hybridized carbons (Fsp3) is 0.429. The van der Waals surface area contributed by atoms with Crippen LogP contribution in [0.3, 0.4) is 0 Å². The Balaban J connectivity index is 2.31. The van der Waals surface area contributed by atoms with Crippen molar-refractivity contribution in [3.05, 3.63) is 17.7 Å². The van der Waals surface area contributed by atoms with E-state index in [-0.39, 0.29) is 6.04 Å². The topological polar surface area (TPSA) is 82.2 Å². The molecule has 3 rings (SSSR count). The van der Waals surface area contributed by atoms with Gasteiger partial charge in [-0.25, -0.2) is 4.98 Å². The summed E-state index contributed by atoms with van der Waals surface area (Å²) in [5.41, 5.74) is 7.42. The molecule has 0 unspecified atom stereocenters. The lowest BCUT2D eigenvalue weighted by molar-refractivity contribution is 0.0999. The highest BCUT2D eigenvalue weighted by Crippen LogP contribution is 2.39. The molecular weight excluding hydrogens is 256 g/mol. The lowest BCUT2D eigenvalue weighted by Crippen LogP contribution is -2.27. The number of hydrogen-bond acceptors (Lipinski definition) is 4. The summed E-state index contributed by atoms with van der Waals surface area (Å²) < 4.78 is 7.98. The predicted molar refractivity (Wildman–Crippen MR) is 77.2 cm³/mol. The number of primary amides is 1. The van der Waals surface area contributed by atoms with Gasteiger partial charge < -0.3 is 20.4 Å². The summed E-state index contributed by atoms with van der Waals surface area (Å²) in [4.78, 5) is 15.9. The van der Waals surface area contributed by atoms with Crippen molar-refractivity contribution in [3.63, 3.8) is 0 Å². The zero-order valence-corrected chi connectivity index (χ0v) is 11.8. The molecule has 1 aliphatic rings. The highest BCUT2D eigenvalue weighted by molar-refractivity contribution is 5.99. The minimum atomic E-state index is -0.474. The smallest absolute Gasteiger partial charge is 0.248 e. The van der Waals surface area contributed by atoms with E-state index in [0.717, 1.165) is 17.0 Å². The Morgan fingerprint density at radius 2 is 2.30 bits per heavy atom. The first-order chi connectivity index (χ1) is 9.52. The molecular formula is C14H18N4O2. The van der Waals surface area contributed by atoms with Gasteiger partial charge in [0, 0.05) is 12.6 Å². The summed E-state index contributed by atoms with van der Waals surface area (Å²) in [6.45, 7) is 4.87. The van der Waals surface area contributed by atoms with Gasteiger partial charge in [-0.1, -0.05) is 13.8 Å². The Morgan fingerprint density at radius 1 is 1.55 bits per heavy atom. The maximum absolute atomic E-state index is 11.4. The summed E-state index contributed by atoms with van der Waals surface area (Å²) in [5.74, 6) is 1.40. The summed E-state index contributed by atoms with van der Waals surface area (Å²) in [6, 6.07) is 3.62. The van der Waals surface area contributed by atoms with Crippen molar-refractivity contribution in [2.24, 2.45) is 11.7 Å². The van der Waals surface area contributed by atoms with Crippen LogP contribution in [0, 0.1) is 5.92 Å². The number of nitrogens with zero attached hydrogens (tertiary/aromatic N) is 2. The predicted octanol–water partition coefficient (Wildman–Crippen LogP) is 1.77. The molecule has 1 aliphatic heterocycles. The number of nitrogens with two attached hydrogens (primary N) is 1. The minimum absolute atomic E-state index is 0.217. The molecule has 0 spiro atoms. The maximum atomic E-state index is 11.4. The number of rotatable bonds is 3. The van der Waals surface area contributed by atoms with E-state index >= 15 is 0 Å². The number of hydrogen-bond donors (Lipinski definition) is 2. The van der Waals surface area contributed by atoms with Crippen molar-refractivity contribution in [2.45, 2.75) is 19.9 Å². The van der Waals surface area contributed by atoms with Gasteiger partial charge in [-0.05, 0) is 18.1 Å². The Morgan fingerprint density at radius 3 is 2.90 bits per heavy atom. The maximum Gasteiger partial charge on any atom is 0.248 e. The first kappa shape index (κ1) is 12.8. The molecule has 1 aromatic carbocycles. The van der Waals surface area contributed by atoms with Gasteiger partial charge in [0.25, 0.3) is 0 Å². The molecule has 106 valence electrons. The molecule has 2 heterocycles. The van der Waals surface area contributed by atoms with Crippen molar-refractivity contribution in [2.75, 3.05) is 19.0 Å². The molecule has 0 saturated heterocycles. The van der Waals surface area contributed by atoms with Gasteiger partial charge in [0.2, 0.25) is 11.9 Å². The first-order valence-electron chi connectivity index (χ1n) is 6.69. The van der Waals surface area contributed by atoms with Crippen LogP contribution >= 0.6 is 0 Å². The first-order valence-corrected chi connectivity index (χ1v) is 6.69. The van der Waals surface area contributed by atoms with E-state index in [1.165, 1.54) is 0 Å². The largest absolute Gasteiger partial charge is 0.489 e. The van der Waals surface area contributed by atoms with Gasteiger partial charge in [0.15, 0.2) is 0 Å². The molecule has 0 radical (unpaired) electrons. The van der Waals surface area contributed by atoms with Gasteiger partial charge >= 0.3 is 0 Å². The normalized spacial score (nSPS) is 17.3. The molecule has 20 heavy (non-hydrogen) atoms. The highest BCUT2D eigenvalue weighted by atomic mass is 16.5. The fourth-order valence-electron chi connectivity index (χ4n) is 2.69. The van der Waals surface area contributed by atoms with Crippen molar-refractivity contribution in [1.29, 1.82) is 0 Å². The van der Waals surface area contributed by atoms with Crippen molar-refractivity contribution < 1.29 is 9.53 Å². The second kappa shape index (κ2) is 4.40. The summed E-state index contributed by atoms with van der Waals surface area (Å²) in [6.07, 6.45) is 0. The van der Waals surface area contributed by atoms with E-state index in [4.69, 9.17) is 10.5 Å². The van der Waals surface area contributed by atoms with Gasteiger partial charge in [-0.2, -0.15) is 0 Å². The third-order valence-corrected chi connectivity index (χ3v) is 3.77. The van der Waals surface area contributed by atoms with E-state index < -0.39 is 5.91 Å². The molecule has 6 heteroatoms. The SMILES string of the molecule is CNc1nc2cc(C(N)=O)cc3c2n1[C@@H](C(C)C)CO3. The summed E-state index contributed by atoms with van der Waals surface area (Å²) >= 11 is 0. The number of anilines is 1. The van der Waals surface area contributed by atoms with E-state index in [9.17, 15) is 4.79 Å². The molecule has 1 atom stereocenters. The Hall–Kier alpha value is -2.24. The lowest BCUT2D eigenvalue weighted by atomic mass is 10.0. The summed E-state index contributed by atoms with van der Waals surface area (Å²) in [7, 11) is 1.84. The van der Waals surface area contributed by atoms with Crippen molar-refractivity contribution in [3.8, 4) is 5.75 Å². The summed E-state index contributed by atoms with van der Waals surface area (Å²) in [5, 5.41) is 3.11. The number of aromatic nitrogens is 2. The van der Waals surface area contributed by atoms with Crippen LogP contribution in [0.25, 0.3) is 11.0 Å². The molecule has 0 fully saturated rings. The zero-order chi connectivity index (χ0) is 14.4. The van der Waals surface area contributed by atoms with Crippen LogP contribution in [0.5, 0.6) is 5.75 Å². The van der Waals surface area contributed by atoms with E-state index in [1.807, 2.05) is 7.05 Å². The van der Waals surface area contributed by atoms with Crippen molar-refractivity contribution >= 4 is 22.9 Å². The minimum Gasteiger partial charge on any atom is -0.489 e. The van der Waals surface area contributed by atoms with Crippen LogP contribution in [0.15, 0.2) is 12.1 Å². The molecule has 2 aromatic rings.